The topological polar surface area (TPSA) is 35.5 Å². The van der Waals surface area contributed by atoms with Crippen LogP contribution in [0.3, 0.4) is 0 Å². The largest absolute Gasteiger partial charge is 0.352 e. The fraction of sp³-hybridized carbons (Fsp3) is 0.727. The van der Waals surface area contributed by atoms with E-state index in [-0.39, 0.29) is 11.7 Å². The lowest BCUT2D eigenvalue weighted by Crippen LogP contribution is -2.37. The van der Waals surface area contributed by atoms with Crippen molar-refractivity contribution in [2.75, 3.05) is 13.2 Å². The minimum atomic E-state index is -0.182. The van der Waals surface area contributed by atoms with E-state index in [0.29, 0.717) is 19.6 Å². The maximum atomic E-state index is 10.3. The molecule has 80 valence electrons. The van der Waals surface area contributed by atoms with Crippen molar-refractivity contribution in [1.82, 2.24) is 0 Å². The summed E-state index contributed by atoms with van der Waals surface area (Å²) in [5, 5.41) is 0. The Morgan fingerprint density at radius 3 is 2.50 bits per heavy atom. The first kappa shape index (κ1) is 11.4. The third-order valence-corrected chi connectivity index (χ3v) is 2.14. The van der Waals surface area contributed by atoms with Crippen LogP contribution in [0, 0.1) is 5.41 Å². The van der Waals surface area contributed by atoms with E-state index in [1.54, 1.807) is 6.92 Å². The number of rotatable bonds is 3. The van der Waals surface area contributed by atoms with E-state index < -0.39 is 0 Å². The number of aldehydes is 1. The molecular formula is C11H18O3. The van der Waals surface area contributed by atoms with E-state index in [4.69, 9.17) is 9.47 Å². The highest BCUT2D eigenvalue weighted by molar-refractivity contribution is 5.71. The second kappa shape index (κ2) is 4.71. The minimum Gasteiger partial charge on any atom is -0.352 e. The van der Waals surface area contributed by atoms with Crippen LogP contribution in [0.25, 0.3) is 0 Å². The molecule has 0 aliphatic carbocycles. The number of carbonyl (C=O) groups excluding carboxylic acids is 1. The third kappa shape index (κ3) is 3.60. The zero-order chi connectivity index (χ0) is 10.6. The van der Waals surface area contributed by atoms with Gasteiger partial charge in [0.05, 0.1) is 13.2 Å². The predicted molar refractivity (Wildman–Crippen MR) is 53.9 cm³/mol. The standard InChI is InChI=1S/C11H18O3/c1-9(6-12)4-5-10-13-7-11(2,3)8-14-10/h4,6,10H,5,7-8H2,1-3H3/b9-4+. The minimum absolute atomic E-state index is 0.111. The predicted octanol–water partition coefficient (Wildman–Crippen LogP) is 1.92. The van der Waals surface area contributed by atoms with E-state index in [2.05, 4.69) is 13.8 Å². The Hall–Kier alpha value is -0.670. The van der Waals surface area contributed by atoms with Crippen LogP contribution in [0.15, 0.2) is 11.6 Å². The van der Waals surface area contributed by atoms with Gasteiger partial charge in [0.2, 0.25) is 0 Å². The van der Waals surface area contributed by atoms with Gasteiger partial charge in [-0.2, -0.15) is 0 Å². The molecular weight excluding hydrogens is 180 g/mol. The molecule has 3 heteroatoms. The van der Waals surface area contributed by atoms with Crippen LogP contribution >= 0.6 is 0 Å². The van der Waals surface area contributed by atoms with Gasteiger partial charge in [0, 0.05) is 11.8 Å². The Bertz CT molecular complexity index is 221. The highest BCUT2D eigenvalue weighted by Crippen LogP contribution is 2.24. The number of allylic oxidation sites excluding steroid dienone is 1. The van der Waals surface area contributed by atoms with Gasteiger partial charge in [-0.05, 0) is 12.5 Å². The molecule has 0 N–H and O–H groups in total. The van der Waals surface area contributed by atoms with E-state index >= 15 is 0 Å². The summed E-state index contributed by atoms with van der Waals surface area (Å²) in [6.45, 7) is 7.42. The maximum absolute atomic E-state index is 10.3. The van der Waals surface area contributed by atoms with Crippen LogP contribution in [-0.4, -0.2) is 25.8 Å². The first-order valence-corrected chi connectivity index (χ1v) is 4.89. The lowest BCUT2D eigenvalue weighted by molar-refractivity contribution is -0.219. The van der Waals surface area contributed by atoms with Gasteiger partial charge in [-0.1, -0.05) is 19.9 Å². The molecule has 1 aliphatic heterocycles. The molecule has 1 saturated heterocycles. The maximum Gasteiger partial charge on any atom is 0.161 e. The number of hydrogen-bond acceptors (Lipinski definition) is 3. The second-order valence-electron chi connectivity index (χ2n) is 4.52. The van der Waals surface area contributed by atoms with Crippen LogP contribution in [0.5, 0.6) is 0 Å². The fourth-order valence-corrected chi connectivity index (χ4v) is 1.19. The molecule has 0 aromatic heterocycles. The van der Waals surface area contributed by atoms with Crippen molar-refractivity contribution in [2.24, 2.45) is 5.41 Å². The molecule has 1 heterocycles. The number of ether oxygens (including phenoxy) is 2. The van der Waals surface area contributed by atoms with E-state index in [1.165, 1.54) is 0 Å². The monoisotopic (exact) mass is 198 g/mol. The fourth-order valence-electron chi connectivity index (χ4n) is 1.19. The number of hydrogen-bond donors (Lipinski definition) is 0. The zero-order valence-corrected chi connectivity index (χ0v) is 9.08. The molecule has 0 spiro atoms. The van der Waals surface area contributed by atoms with Gasteiger partial charge in [0.25, 0.3) is 0 Å². The number of carbonyl (C=O) groups is 1. The average Bonchev–Trinajstić information content (AvgIpc) is 2.16. The van der Waals surface area contributed by atoms with Gasteiger partial charge in [-0.15, -0.1) is 0 Å². The van der Waals surface area contributed by atoms with Gasteiger partial charge < -0.3 is 9.47 Å². The van der Waals surface area contributed by atoms with Gasteiger partial charge in [-0.3, -0.25) is 4.79 Å². The summed E-state index contributed by atoms with van der Waals surface area (Å²) in [4.78, 5) is 10.3. The summed E-state index contributed by atoms with van der Waals surface area (Å²) >= 11 is 0. The third-order valence-electron chi connectivity index (χ3n) is 2.14. The summed E-state index contributed by atoms with van der Waals surface area (Å²) in [5.74, 6) is 0. The lowest BCUT2D eigenvalue weighted by Gasteiger charge is -2.34. The molecule has 0 amide bonds. The molecule has 3 nitrogen and oxygen atoms in total. The summed E-state index contributed by atoms with van der Waals surface area (Å²) in [6, 6.07) is 0. The lowest BCUT2D eigenvalue weighted by atomic mass is 9.95. The quantitative estimate of drug-likeness (QED) is 0.513. The molecule has 0 bridgehead atoms. The van der Waals surface area contributed by atoms with Crippen LogP contribution < -0.4 is 0 Å². The molecule has 0 unspecified atom stereocenters. The summed E-state index contributed by atoms with van der Waals surface area (Å²) in [5.41, 5.74) is 0.835. The highest BCUT2D eigenvalue weighted by atomic mass is 16.7. The molecule has 0 radical (unpaired) electrons. The van der Waals surface area contributed by atoms with Crippen molar-refractivity contribution < 1.29 is 14.3 Å². The first-order chi connectivity index (χ1) is 6.53. The summed E-state index contributed by atoms with van der Waals surface area (Å²) in [6.07, 6.45) is 3.15. The molecule has 0 aromatic carbocycles. The molecule has 1 rings (SSSR count). The molecule has 0 atom stereocenters. The van der Waals surface area contributed by atoms with Crippen molar-refractivity contribution in [3.63, 3.8) is 0 Å². The van der Waals surface area contributed by atoms with E-state index in [0.717, 1.165) is 11.9 Å². The smallest absolute Gasteiger partial charge is 0.161 e. The Balaban J connectivity index is 2.33. The van der Waals surface area contributed by atoms with E-state index in [1.807, 2.05) is 6.08 Å². The zero-order valence-electron chi connectivity index (χ0n) is 9.08. The SMILES string of the molecule is C/C(C=O)=C\CC1OCC(C)(C)CO1. The normalized spacial score (nSPS) is 23.5. The molecule has 0 aromatic rings. The van der Waals surface area contributed by atoms with Gasteiger partial charge in [0.15, 0.2) is 6.29 Å². The highest BCUT2D eigenvalue weighted by Gasteiger charge is 2.27. The Kier molecular flexibility index (Phi) is 3.84. The van der Waals surface area contributed by atoms with E-state index in [9.17, 15) is 4.79 Å². The molecule has 1 fully saturated rings. The van der Waals surface area contributed by atoms with Gasteiger partial charge in [0.1, 0.15) is 6.29 Å². The van der Waals surface area contributed by atoms with Crippen LogP contribution in [0.4, 0.5) is 0 Å². The van der Waals surface area contributed by atoms with Gasteiger partial charge >= 0.3 is 0 Å². The Morgan fingerprint density at radius 2 is 2.00 bits per heavy atom. The van der Waals surface area contributed by atoms with Crippen molar-refractivity contribution >= 4 is 6.29 Å². The van der Waals surface area contributed by atoms with Gasteiger partial charge in [-0.25, -0.2) is 0 Å². The average molecular weight is 198 g/mol. The summed E-state index contributed by atoms with van der Waals surface area (Å²) in [7, 11) is 0. The van der Waals surface area contributed by atoms with Crippen molar-refractivity contribution in [1.29, 1.82) is 0 Å². The molecule has 0 saturated carbocycles. The Labute approximate surface area is 85.1 Å². The van der Waals surface area contributed by atoms with Crippen molar-refractivity contribution in [3.05, 3.63) is 11.6 Å². The van der Waals surface area contributed by atoms with Crippen molar-refractivity contribution in [2.45, 2.75) is 33.5 Å². The molecule has 1 aliphatic rings. The van der Waals surface area contributed by atoms with Crippen LogP contribution in [0.2, 0.25) is 0 Å². The van der Waals surface area contributed by atoms with Crippen molar-refractivity contribution in [3.8, 4) is 0 Å². The molecule has 14 heavy (non-hydrogen) atoms. The second-order valence-corrected chi connectivity index (χ2v) is 4.52. The first-order valence-electron chi connectivity index (χ1n) is 4.89. The van der Waals surface area contributed by atoms with Crippen LogP contribution in [0.1, 0.15) is 27.2 Å². The summed E-state index contributed by atoms with van der Waals surface area (Å²) < 4.78 is 11.0. The Morgan fingerprint density at radius 1 is 1.43 bits per heavy atom. The van der Waals surface area contributed by atoms with Crippen LogP contribution in [-0.2, 0) is 14.3 Å².